The zero-order valence-electron chi connectivity index (χ0n) is 13.7. The predicted octanol–water partition coefficient (Wildman–Crippen LogP) is 6.78. The molecule has 0 atom stereocenters. The smallest absolute Gasteiger partial charge is 0.160 e. The minimum absolute atomic E-state index is 0.773. The number of rotatable bonds is 2. The Kier molecular flexibility index (Phi) is 3.94. The predicted molar refractivity (Wildman–Crippen MR) is 119 cm³/mol. The SMILES string of the molecule is Ic1cc(-c2ccccc2)nc(-c2ccc3c(c2)sc2ccccc23)n1. The summed E-state index contributed by atoms with van der Waals surface area (Å²) >= 11 is 4.08. The lowest BCUT2D eigenvalue weighted by molar-refractivity contribution is 1.15. The van der Waals surface area contributed by atoms with Crippen molar-refractivity contribution in [2.24, 2.45) is 0 Å². The molecule has 5 rings (SSSR count). The monoisotopic (exact) mass is 464 g/mol. The van der Waals surface area contributed by atoms with Crippen LogP contribution in [0.15, 0.2) is 78.9 Å². The van der Waals surface area contributed by atoms with Gasteiger partial charge in [-0.05, 0) is 40.8 Å². The molecule has 0 amide bonds. The van der Waals surface area contributed by atoms with Gasteiger partial charge in [0.25, 0.3) is 0 Å². The van der Waals surface area contributed by atoms with E-state index in [1.54, 1.807) is 0 Å². The molecule has 2 heterocycles. The van der Waals surface area contributed by atoms with E-state index in [2.05, 4.69) is 82.2 Å². The standard InChI is InChI=1S/C22H13IN2S/c23-21-13-18(14-6-2-1-3-7-14)24-22(25-21)15-10-11-17-16-8-4-5-9-19(16)26-20(17)12-15/h1-13H. The molecule has 0 N–H and O–H groups in total. The average molecular weight is 464 g/mol. The Morgan fingerprint density at radius 2 is 1.42 bits per heavy atom. The van der Waals surface area contributed by atoms with Gasteiger partial charge in [0.2, 0.25) is 0 Å². The van der Waals surface area contributed by atoms with Crippen LogP contribution in [0.25, 0.3) is 42.8 Å². The fourth-order valence-electron chi connectivity index (χ4n) is 3.17. The molecule has 124 valence electrons. The van der Waals surface area contributed by atoms with Crippen LogP contribution in [0.5, 0.6) is 0 Å². The molecule has 0 aliphatic rings. The maximum absolute atomic E-state index is 4.82. The first-order valence-electron chi connectivity index (χ1n) is 8.30. The first kappa shape index (κ1) is 15.9. The highest BCUT2D eigenvalue weighted by molar-refractivity contribution is 14.1. The quantitative estimate of drug-likeness (QED) is 0.213. The molecule has 5 aromatic rings. The molecule has 26 heavy (non-hydrogen) atoms. The molecule has 0 fully saturated rings. The Labute approximate surface area is 168 Å². The summed E-state index contributed by atoms with van der Waals surface area (Å²) in [5.74, 6) is 0.773. The molecule has 3 aromatic carbocycles. The summed E-state index contributed by atoms with van der Waals surface area (Å²) < 4.78 is 3.53. The number of thiophene rings is 1. The van der Waals surface area contributed by atoms with Gasteiger partial charge in [-0.2, -0.15) is 0 Å². The fourth-order valence-corrected chi connectivity index (χ4v) is 4.84. The Morgan fingerprint density at radius 3 is 2.31 bits per heavy atom. The molecule has 2 aromatic heterocycles. The first-order valence-corrected chi connectivity index (χ1v) is 10.2. The third kappa shape index (κ3) is 2.79. The summed E-state index contributed by atoms with van der Waals surface area (Å²) in [5, 5.41) is 2.61. The van der Waals surface area contributed by atoms with Crippen molar-refractivity contribution in [2.75, 3.05) is 0 Å². The van der Waals surface area contributed by atoms with Gasteiger partial charge in [0.15, 0.2) is 5.82 Å². The van der Waals surface area contributed by atoms with Crippen molar-refractivity contribution in [1.82, 2.24) is 9.97 Å². The highest BCUT2D eigenvalue weighted by Crippen LogP contribution is 2.36. The molecule has 0 aliphatic heterocycles. The average Bonchev–Trinajstić information content (AvgIpc) is 3.06. The van der Waals surface area contributed by atoms with E-state index >= 15 is 0 Å². The van der Waals surface area contributed by atoms with Gasteiger partial charge < -0.3 is 0 Å². The van der Waals surface area contributed by atoms with Crippen LogP contribution in [0.1, 0.15) is 0 Å². The lowest BCUT2D eigenvalue weighted by atomic mass is 10.1. The molecule has 0 unspecified atom stereocenters. The van der Waals surface area contributed by atoms with E-state index in [1.807, 2.05) is 35.6 Å². The van der Waals surface area contributed by atoms with E-state index in [0.29, 0.717) is 0 Å². The van der Waals surface area contributed by atoms with Gasteiger partial charge in [0.05, 0.1) is 5.69 Å². The largest absolute Gasteiger partial charge is 0.228 e. The zero-order valence-corrected chi connectivity index (χ0v) is 16.7. The number of nitrogens with zero attached hydrogens (tertiary/aromatic N) is 2. The number of benzene rings is 3. The Morgan fingerprint density at radius 1 is 0.654 bits per heavy atom. The topological polar surface area (TPSA) is 25.8 Å². The lowest BCUT2D eigenvalue weighted by Crippen LogP contribution is -1.94. The van der Waals surface area contributed by atoms with E-state index < -0.39 is 0 Å². The summed E-state index contributed by atoms with van der Waals surface area (Å²) in [6, 6.07) is 27.3. The zero-order chi connectivity index (χ0) is 17.5. The molecule has 0 spiro atoms. The Bertz CT molecular complexity index is 1250. The highest BCUT2D eigenvalue weighted by Gasteiger charge is 2.10. The molecule has 0 aliphatic carbocycles. The van der Waals surface area contributed by atoms with Crippen molar-refractivity contribution in [2.45, 2.75) is 0 Å². The third-order valence-electron chi connectivity index (χ3n) is 4.40. The minimum atomic E-state index is 0.773. The number of halogens is 1. The van der Waals surface area contributed by atoms with E-state index in [0.717, 1.165) is 26.3 Å². The van der Waals surface area contributed by atoms with Crippen LogP contribution in [-0.2, 0) is 0 Å². The molecule has 4 heteroatoms. The third-order valence-corrected chi connectivity index (χ3v) is 6.09. The van der Waals surface area contributed by atoms with Crippen LogP contribution in [0, 0.1) is 3.70 Å². The van der Waals surface area contributed by atoms with Crippen LogP contribution in [0.2, 0.25) is 0 Å². The number of hydrogen-bond acceptors (Lipinski definition) is 3. The van der Waals surface area contributed by atoms with Crippen molar-refractivity contribution >= 4 is 54.1 Å². The molecule has 0 bridgehead atoms. The van der Waals surface area contributed by atoms with Gasteiger partial charge in [-0.15, -0.1) is 11.3 Å². The second-order valence-corrected chi connectivity index (χ2v) is 8.26. The summed E-state index contributed by atoms with van der Waals surface area (Å²) in [6.45, 7) is 0. The Balaban J connectivity index is 1.67. The molecular formula is C22H13IN2S. The van der Waals surface area contributed by atoms with Gasteiger partial charge in [0.1, 0.15) is 3.70 Å². The molecule has 0 saturated heterocycles. The van der Waals surface area contributed by atoms with Crippen LogP contribution in [0.3, 0.4) is 0 Å². The maximum Gasteiger partial charge on any atom is 0.160 e. The van der Waals surface area contributed by atoms with Gasteiger partial charge in [0, 0.05) is 31.3 Å². The molecule has 0 saturated carbocycles. The van der Waals surface area contributed by atoms with E-state index in [-0.39, 0.29) is 0 Å². The van der Waals surface area contributed by atoms with Crippen LogP contribution < -0.4 is 0 Å². The Hall–Kier alpha value is -2.31. The number of aromatic nitrogens is 2. The molecular weight excluding hydrogens is 451 g/mol. The van der Waals surface area contributed by atoms with Gasteiger partial charge >= 0.3 is 0 Å². The summed E-state index contributed by atoms with van der Waals surface area (Å²) in [4.78, 5) is 9.49. The maximum atomic E-state index is 4.82. The summed E-state index contributed by atoms with van der Waals surface area (Å²) in [7, 11) is 0. The van der Waals surface area contributed by atoms with Crippen molar-refractivity contribution < 1.29 is 0 Å². The normalized spacial score (nSPS) is 11.3. The minimum Gasteiger partial charge on any atom is -0.228 e. The second kappa shape index (κ2) is 6.45. The van der Waals surface area contributed by atoms with Gasteiger partial charge in [-0.3, -0.25) is 0 Å². The van der Waals surface area contributed by atoms with E-state index in [4.69, 9.17) is 4.98 Å². The second-order valence-electron chi connectivity index (χ2n) is 6.07. The summed E-state index contributed by atoms with van der Waals surface area (Å²) in [6.07, 6.45) is 0. The van der Waals surface area contributed by atoms with Crippen LogP contribution in [0.4, 0.5) is 0 Å². The van der Waals surface area contributed by atoms with Gasteiger partial charge in [-0.1, -0.05) is 60.7 Å². The number of fused-ring (bicyclic) bond motifs is 3. The molecule has 2 nitrogen and oxygen atoms in total. The van der Waals surface area contributed by atoms with Gasteiger partial charge in [-0.25, -0.2) is 9.97 Å². The van der Waals surface area contributed by atoms with Crippen molar-refractivity contribution in [1.29, 1.82) is 0 Å². The van der Waals surface area contributed by atoms with Crippen molar-refractivity contribution in [3.8, 4) is 22.6 Å². The van der Waals surface area contributed by atoms with Crippen molar-refractivity contribution in [3.05, 3.63) is 82.6 Å². The molecule has 0 radical (unpaired) electrons. The van der Waals surface area contributed by atoms with Crippen LogP contribution in [-0.4, -0.2) is 9.97 Å². The van der Waals surface area contributed by atoms with Crippen LogP contribution >= 0.6 is 33.9 Å². The summed E-state index contributed by atoms with van der Waals surface area (Å²) in [5.41, 5.74) is 3.12. The lowest BCUT2D eigenvalue weighted by Gasteiger charge is -2.06. The van der Waals surface area contributed by atoms with E-state index in [1.165, 1.54) is 20.2 Å². The van der Waals surface area contributed by atoms with Crippen molar-refractivity contribution in [3.63, 3.8) is 0 Å². The van der Waals surface area contributed by atoms with E-state index in [9.17, 15) is 0 Å². The highest BCUT2D eigenvalue weighted by atomic mass is 127. The fraction of sp³-hybridized carbons (Fsp3) is 0. The first-order chi connectivity index (χ1) is 12.8. The number of hydrogen-bond donors (Lipinski definition) is 0.